The largest absolute Gasteiger partial charge is 0.401 e. The Morgan fingerprint density at radius 3 is 2.39 bits per heavy atom. The van der Waals surface area contributed by atoms with Crippen molar-refractivity contribution in [3.8, 4) is 0 Å². The van der Waals surface area contributed by atoms with Crippen molar-refractivity contribution in [3.63, 3.8) is 0 Å². The van der Waals surface area contributed by atoms with E-state index >= 15 is 0 Å². The minimum absolute atomic E-state index is 0.406. The van der Waals surface area contributed by atoms with E-state index in [2.05, 4.69) is 5.32 Å². The molecule has 0 saturated heterocycles. The number of hydrogen-bond acceptors (Lipinski definition) is 2. The molecule has 2 nitrogen and oxygen atoms in total. The molecule has 0 radical (unpaired) electrons. The van der Waals surface area contributed by atoms with E-state index in [1.165, 1.54) is 4.90 Å². The molecule has 0 fully saturated rings. The number of likely N-dealkylation sites (N-methyl/N-ethyl adjacent to an activating group) is 1. The molecule has 0 heterocycles. The van der Waals surface area contributed by atoms with Crippen LogP contribution in [0.2, 0.25) is 0 Å². The molecule has 1 aromatic rings. The average Bonchev–Trinajstić information content (AvgIpc) is 2.33. The predicted molar refractivity (Wildman–Crippen MR) is 66.3 cm³/mol. The van der Waals surface area contributed by atoms with Crippen molar-refractivity contribution < 1.29 is 13.2 Å². The summed E-state index contributed by atoms with van der Waals surface area (Å²) < 4.78 is 36.6. The third-order valence-corrected chi connectivity index (χ3v) is 2.63. The summed E-state index contributed by atoms with van der Waals surface area (Å²) in [7, 11) is 0. The Labute approximate surface area is 106 Å². The van der Waals surface area contributed by atoms with Crippen molar-refractivity contribution in [2.24, 2.45) is 0 Å². The van der Waals surface area contributed by atoms with Gasteiger partial charge in [-0.2, -0.15) is 13.2 Å². The van der Waals surface area contributed by atoms with Gasteiger partial charge < -0.3 is 5.32 Å². The highest BCUT2D eigenvalue weighted by Gasteiger charge is 2.29. The summed E-state index contributed by atoms with van der Waals surface area (Å²) in [5.74, 6) is 0. The van der Waals surface area contributed by atoms with Crippen LogP contribution in [-0.2, 0) is 6.54 Å². The maximum absolute atomic E-state index is 12.2. The van der Waals surface area contributed by atoms with E-state index in [-0.39, 0.29) is 0 Å². The summed E-state index contributed by atoms with van der Waals surface area (Å²) in [6.45, 7) is 2.96. The molecule has 0 unspecified atom stereocenters. The number of rotatable bonds is 7. The molecular formula is C13H19F3N2. The lowest BCUT2D eigenvalue weighted by atomic mass is 10.2. The fourth-order valence-corrected chi connectivity index (χ4v) is 1.67. The van der Waals surface area contributed by atoms with Gasteiger partial charge in [-0.05, 0) is 12.1 Å². The summed E-state index contributed by atoms with van der Waals surface area (Å²) >= 11 is 0. The first-order chi connectivity index (χ1) is 8.51. The van der Waals surface area contributed by atoms with Crippen LogP contribution >= 0.6 is 0 Å². The van der Waals surface area contributed by atoms with Gasteiger partial charge in [0.25, 0.3) is 0 Å². The second kappa shape index (κ2) is 7.38. The van der Waals surface area contributed by atoms with Gasteiger partial charge in [0.1, 0.15) is 0 Å². The topological polar surface area (TPSA) is 15.3 Å². The first-order valence-corrected chi connectivity index (χ1v) is 6.05. The Morgan fingerprint density at radius 2 is 1.83 bits per heavy atom. The molecule has 0 aromatic heterocycles. The lowest BCUT2D eigenvalue weighted by Crippen LogP contribution is -2.38. The van der Waals surface area contributed by atoms with Crippen LogP contribution in [0.1, 0.15) is 12.5 Å². The zero-order valence-corrected chi connectivity index (χ0v) is 10.5. The van der Waals surface area contributed by atoms with Gasteiger partial charge in [-0.25, -0.2) is 0 Å². The molecule has 102 valence electrons. The first-order valence-electron chi connectivity index (χ1n) is 6.05. The lowest BCUT2D eigenvalue weighted by molar-refractivity contribution is -0.145. The van der Waals surface area contributed by atoms with E-state index in [0.29, 0.717) is 26.2 Å². The Kier molecular flexibility index (Phi) is 6.15. The predicted octanol–water partition coefficient (Wildman–Crippen LogP) is 2.66. The number of nitrogens with zero attached hydrogens (tertiary/aromatic N) is 1. The molecule has 0 spiro atoms. The molecule has 1 rings (SSSR count). The minimum atomic E-state index is -4.12. The van der Waals surface area contributed by atoms with Gasteiger partial charge in [0.2, 0.25) is 0 Å². The number of alkyl halides is 3. The van der Waals surface area contributed by atoms with Crippen molar-refractivity contribution >= 4 is 0 Å². The second-order valence-corrected chi connectivity index (χ2v) is 4.15. The van der Waals surface area contributed by atoms with Gasteiger partial charge in [0.05, 0.1) is 6.54 Å². The SMILES string of the molecule is CCN(CCNCc1ccccc1)CC(F)(F)F. The standard InChI is InChI=1S/C13H19F3N2/c1-2-18(11-13(14,15)16)9-8-17-10-12-6-4-3-5-7-12/h3-7,17H,2,8-11H2,1H3. The second-order valence-electron chi connectivity index (χ2n) is 4.15. The molecule has 18 heavy (non-hydrogen) atoms. The molecule has 0 saturated carbocycles. The van der Waals surface area contributed by atoms with Crippen molar-refractivity contribution in [2.45, 2.75) is 19.6 Å². The Bertz CT molecular complexity index is 325. The van der Waals surface area contributed by atoms with E-state index in [0.717, 1.165) is 5.56 Å². The van der Waals surface area contributed by atoms with Crippen LogP contribution in [0.25, 0.3) is 0 Å². The van der Waals surface area contributed by atoms with E-state index < -0.39 is 12.7 Å². The Balaban J connectivity index is 2.20. The fourth-order valence-electron chi connectivity index (χ4n) is 1.67. The maximum Gasteiger partial charge on any atom is 0.401 e. The maximum atomic E-state index is 12.2. The molecule has 0 bridgehead atoms. The van der Waals surface area contributed by atoms with Gasteiger partial charge in [-0.1, -0.05) is 37.3 Å². The molecule has 0 atom stereocenters. The van der Waals surface area contributed by atoms with Crippen LogP contribution in [0, 0.1) is 0 Å². The quantitative estimate of drug-likeness (QED) is 0.758. The van der Waals surface area contributed by atoms with Crippen LogP contribution in [0.4, 0.5) is 13.2 Å². The van der Waals surface area contributed by atoms with Gasteiger partial charge in [-0.3, -0.25) is 4.90 Å². The average molecular weight is 260 g/mol. The fraction of sp³-hybridized carbons (Fsp3) is 0.538. The molecular weight excluding hydrogens is 241 g/mol. The highest BCUT2D eigenvalue weighted by atomic mass is 19.4. The molecule has 1 N–H and O–H groups in total. The van der Waals surface area contributed by atoms with Gasteiger partial charge in [0, 0.05) is 19.6 Å². The van der Waals surface area contributed by atoms with Crippen molar-refractivity contribution in [2.75, 3.05) is 26.2 Å². The van der Waals surface area contributed by atoms with E-state index in [9.17, 15) is 13.2 Å². The first kappa shape index (κ1) is 15.0. The minimum Gasteiger partial charge on any atom is -0.311 e. The zero-order valence-electron chi connectivity index (χ0n) is 10.5. The summed E-state index contributed by atoms with van der Waals surface area (Å²) in [5, 5.41) is 3.14. The molecule has 0 aliphatic carbocycles. The number of hydrogen-bond donors (Lipinski definition) is 1. The zero-order chi connectivity index (χ0) is 13.4. The van der Waals surface area contributed by atoms with E-state index in [1.54, 1.807) is 6.92 Å². The smallest absolute Gasteiger partial charge is 0.311 e. The highest BCUT2D eigenvalue weighted by Crippen LogP contribution is 2.15. The molecule has 0 aliphatic rings. The Morgan fingerprint density at radius 1 is 1.17 bits per heavy atom. The number of nitrogens with one attached hydrogen (secondary N) is 1. The van der Waals surface area contributed by atoms with Crippen LogP contribution in [0.15, 0.2) is 30.3 Å². The van der Waals surface area contributed by atoms with Crippen LogP contribution in [0.5, 0.6) is 0 Å². The number of halogens is 3. The summed E-state index contributed by atoms with van der Waals surface area (Å²) in [4.78, 5) is 1.39. The van der Waals surface area contributed by atoms with Crippen LogP contribution in [-0.4, -0.2) is 37.3 Å². The summed E-state index contributed by atoms with van der Waals surface area (Å²) in [6, 6.07) is 9.80. The van der Waals surface area contributed by atoms with Gasteiger partial charge in [-0.15, -0.1) is 0 Å². The summed E-state index contributed by atoms with van der Waals surface area (Å²) in [5.41, 5.74) is 1.14. The van der Waals surface area contributed by atoms with Crippen LogP contribution < -0.4 is 5.32 Å². The third kappa shape index (κ3) is 6.61. The van der Waals surface area contributed by atoms with Crippen LogP contribution in [0.3, 0.4) is 0 Å². The monoisotopic (exact) mass is 260 g/mol. The van der Waals surface area contributed by atoms with Crippen molar-refractivity contribution in [1.82, 2.24) is 10.2 Å². The molecule has 0 amide bonds. The number of benzene rings is 1. The third-order valence-electron chi connectivity index (χ3n) is 2.63. The van der Waals surface area contributed by atoms with Gasteiger partial charge >= 0.3 is 6.18 Å². The molecule has 5 heteroatoms. The normalized spacial score (nSPS) is 12.1. The molecule has 1 aromatic carbocycles. The molecule has 0 aliphatic heterocycles. The van der Waals surface area contributed by atoms with Crippen molar-refractivity contribution in [1.29, 1.82) is 0 Å². The van der Waals surface area contributed by atoms with E-state index in [1.807, 2.05) is 30.3 Å². The summed E-state index contributed by atoms with van der Waals surface area (Å²) in [6.07, 6.45) is -4.12. The van der Waals surface area contributed by atoms with Gasteiger partial charge in [0.15, 0.2) is 0 Å². The lowest BCUT2D eigenvalue weighted by Gasteiger charge is -2.21. The highest BCUT2D eigenvalue weighted by molar-refractivity contribution is 5.14. The van der Waals surface area contributed by atoms with E-state index in [4.69, 9.17) is 0 Å². The van der Waals surface area contributed by atoms with Crippen molar-refractivity contribution in [3.05, 3.63) is 35.9 Å². The Hall–Kier alpha value is -1.07.